The van der Waals surface area contributed by atoms with E-state index in [1.54, 1.807) is 30.5 Å². The van der Waals surface area contributed by atoms with Gasteiger partial charge in [-0.2, -0.15) is 5.10 Å². The predicted molar refractivity (Wildman–Crippen MR) is 65.4 cm³/mol. The molecule has 0 fully saturated rings. The third kappa shape index (κ3) is 2.79. The zero-order valence-electron chi connectivity index (χ0n) is 9.43. The molecule has 88 valence electrons. The Balaban J connectivity index is 1.97. The van der Waals surface area contributed by atoms with Crippen molar-refractivity contribution in [3.63, 3.8) is 0 Å². The number of carbonyl (C=O) groups is 1. The van der Waals surface area contributed by atoms with Crippen LogP contribution < -0.4 is 5.43 Å². The molecule has 6 heteroatoms. The Morgan fingerprint density at radius 1 is 1.59 bits per heavy atom. The molecular formula is C11H11N3O2S. The summed E-state index contributed by atoms with van der Waals surface area (Å²) < 4.78 is 4.80. The largest absolute Gasteiger partial charge is 0.361 e. The highest BCUT2D eigenvalue weighted by Crippen LogP contribution is 2.12. The van der Waals surface area contributed by atoms with Crippen molar-refractivity contribution < 1.29 is 9.32 Å². The quantitative estimate of drug-likeness (QED) is 0.669. The first-order valence-corrected chi connectivity index (χ1v) is 5.85. The molecule has 5 nitrogen and oxygen atoms in total. The summed E-state index contributed by atoms with van der Waals surface area (Å²) in [5.41, 5.74) is 3.75. The van der Waals surface area contributed by atoms with E-state index < -0.39 is 0 Å². The molecule has 2 aromatic rings. The van der Waals surface area contributed by atoms with E-state index in [0.29, 0.717) is 5.76 Å². The van der Waals surface area contributed by atoms with Crippen molar-refractivity contribution in [3.8, 4) is 0 Å². The summed E-state index contributed by atoms with van der Waals surface area (Å²) in [6.07, 6.45) is 1.62. The fraction of sp³-hybridized carbons (Fsp3) is 0.182. The van der Waals surface area contributed by atoms with Gasteiger partial charge in [-0.1, -0.05) is 5.16 Å². The summed E-state index contributed by atoms with van der Waals surface area (Å²) in [5.74, 6) is 0.209. The van der Waals surface area contributed by atoms with Crippen molar-refractivity contribution in [2.75, 3.05) is 0 Å². The summed E-state index contributed by atoms with van der Waals surface area (Å²) in [7, 11) is 0. The number of hydrogen-bond acceptors (Lipinski definition) is 5. The molecule has 0 unspecified atom stereocenters. The molecule has 0 aliphatic heterocycles. The van der Waals surface area contributed by atoms with Gasteiger partial charge in [-0.3, -0.25) is 4.79 Å². The summed E-state index contributed by atoms with van der Waals surface area (Å²) in [4.78, 5) is 12.5. The van der Waals surface area contributed by atoms with Crippen LogP contribution >= 0.6 is 11.3 Å². The van der Waals surface area contributed by atoms with Gasteiger partial charge < -0.3 is 4.52 Å². The number of nitrogens with zero attached hydrogens (tertiary/aromatic N) is 2. The molecule has 17 heavy (non-hydrogen) atoms. The maximum atomic E-state index is 11.5. The number of amides is 1. The maximum Gasteiger partial charge on any atom is 0.293 e. The maximum absolute atomic E-state index is 11.5. The van der Waals surface area contributed by atoms with Crippen LogP contribution in [0.1, 0.15) is 26.7 Å². The van der Waals surface area contributed by atoms with Gasteiger partial charge in [0.15, 0.2) is 5.69 Å². The third-order valence-corrected chi connectivity index (χ3v) is 3.06. The molecule has 0 aliphatic carbocycles. The average molecular weight is 249 g/mol. The molecule has 0 atom stereocenters. The second-order valence-electron chi connectivity index (χ2n) is 3.49. The summed E-state index contributed by atoms with van der Waals surface area (Å²) in [6, 6.07) is 3.55. The predicted octanol–water partition coefficient (Wildman–Crippen LogP) is 2.12. The van der Waals surface area contributed by atoms with Gasteiger partial charge in [0.1, 0.15) is 5.76 Å². The van der Waals surface area contributed by atoms with Crippen LogP contribution in [-0.2, 0) is 0 Å². The summed E-state index contributed by atoms with van der Waals surface area (Å²) in [6.45, 7) is 3.71. The van der Waals surface area contributed by atoms with E-state index in [1.165, 1.54) is 0 Å². The zero-order valence-corrected chi connectivity index (χ0v) is 10.2. The van der Waals surface area contributed by atoms with Crippen LogP contribution in [0.15, 0.2) is 27.1 Å². The van der Waals surface area contributed by atoms with E-state index in [1.807, 2.05) is 18.4 Å². The second kappa shape index (κ2) is 4.92. The number of rotatable bonds is 3. The van der Waals surface area contributed by atoms with Crippen LogP contribution in [0.25, 0.3) is 0 Å². The van der Waals surface area contributed by atoms with Crippen molar-refractivity contribution in [1.82, 2.24) is 10.6 Å². The van der Waals surface area contributed by atoms with Gasteiger partial charge in [-0.25, -0.2) is 5.43 Å². The van der Waals surface area contributed by atoms with Crippen molar-refractivity contribution in [1.29, 1.82) is 0 Å². The minimum Gasteiger partial charge on any atom is -0.361 e. The fourth-order valence-electron chi connectivity index (χ4n) is 1.20. The number of aromatic nitrogens is 1. The summed E-state index contributed by atoms with van der Waals surface area (Å²) in [5, 5.41) is 9.43. The van der Waals surface area contributed by atoms with Crippen molar-refractivity contribution in [2.45, 2.75) is 13.8 Å². The first-order valence-electron chi connectivity index (χ1n) is 4.97. The molecule has 0 saturated heterocycles. The van der Waals surface area contributed by atoms with Crippen LogP contribution in [0.2, 0.25) is 0 Å². The Kier molecular flexibility index (Phi) is 3.34. The Hall–Kier alpha value is -1.95. The molecule has 1 N–H and O–H groups in total. The lowest BCUT2D eigenvalue weighted by atomic mass is 10.3. The highest BCUT2D eigenvalue weighted by atomic mass is 32.1. The highest BCUT2D eigenvalue weighted by molar-refractivity contribution is 7.11. The smallest absolute Gasteiger partial charge is 0.293 e. The molecule has 1 amide bonds. The minimum atomic E-state index is -0.382. The van der Waals surface area contributed by atoms with E-state index in [2.05, 4.69) is 15.7 Å². The molecule has 0 bridgehead atoms. The number of hydrogen-bond donors (Lipinski definition) is 1. The zero-order chi connectivity index (χ0) is 12.3. The standard InChI is InChI=1S/C11H11N3O2S/c1-7-3-4-17-10(7)6-12-13-11(15)9-5-8(2)16-14-9/h3-6H,1-2H3,(H,13,15)/b12-6+. The van der Waals surface area contributed by atoms with Crippen LogP contribution in [-0.4, -0.2) is 17.3 Å². The van der Waals surface area contributed by atoms with E-state index >= 15 is 0 Å². The van der Waals surface area contributed by atoms with Gasteiger partial charge in [0, 0.05) is 10.9 Å². The number of nitrogens with one attached hydrogen (secondary N) is 1. The van der Waals surface area contributed by atoms with Crippen LogP contribution in [0.3, 0.4) is 0 Å². The molecule has 2 aromatic heterocycles. The molecule has 2 heterocycles. The van der Waals surface area contributed by atoms with Gasteiger partial charge >= 0.3 is 0 Å². The fourth-order valence-corrected chi connectivity index (χ4v) is 1.98. The lowest BCUT2D eigenvalue weighted by Gasteiger charge is -1.93. The SMILES string of the molecule is Cc1cc(C(=O)N/N=C/c2sccc2C)no1. The monoisotopic (exact) mass is 249 g/mol. The topological polar surface area (TPSA) is 67.5 Å². The lowest BCUT2D eigenvalue weighted by molar-refractivity contribution is 0.0946. The first kappa shape index (κ1) is 11.5. The van der Waals surface area contributed by atoms with Gasteiger partial charge in [0.2, 0.25) is 0 Å². The van der Waals surface area contributed by atoms with E-state index in [4.69, 9.17) is 4.52 Å². The number of thiophene rings is 1. The van der Waals surface area contributed by atoms with E-state index in [-0.39, 0.29) is 11.6 Å². The van der Waals surface area contributed by atoms with Gasteiger partial charge in [-0.15, -0.1) is 11.3 Å². The van der Waals surface area contributed by atoms with Crippen molar-refractivity contribution in [3.05, 3.63) is 39.4 Å². The van der Waals surface area contributed by atoms with Gasteiger partial charge in [0.05, 0.1) is 6.21 Å². The Labute approximate surface area is 102 Å². The van der Waals surface area contributed by atoms with E-state index in [9.17, 15) is 4.79 Å². The molecular weight excluding hydrogens is 238 g/mol. The van der Waals surface area contributed by atoms with E-state index in [0.717, 1.165) is 10.4 Å². The molecule has 0 aromatic carbocycles. The molecule has 2 rings (SSSR count). The average Bonchev–Trinajstić information content (AvgIpc) is 2.88. The number of hydrazone groups is 1. The number of carbonyl (C=O) groups excluding carboxylic acids is 1. The molecule has 0 spiro atoms. The third-order valence-electron chi connectivity index (χ3n) is 2.11. The molecule has 0 radical (unpaired) electrons. The summed E-state index contributed by atoms with van der Waals surface area (Å²) >= 11 is 1.57. The van der Waals surface area contributed by atoms with Crippen LogP contribution in [0.4, 0.5) is 0 Å². The van der Waals surface area contributed by atoms with Crippen molar-refractivity contribution in [2.24, 2.45) is 5.10 Å². The van der Waals surface area contributed by atoms with Gasteiger partial charge in [-0.05, 0) is 30.9 Å². The van der Waals surface area contributed by atoms with Crippen LogP contribution in [0.5, 0.6) is 0 Å². The van der Waals surface area contributed by atoms with Crippen LogP contribution in [0, 0.1) is 13.8 Å². The Bertz CT molecular complexity index is 557. The van der Waals surface area contributed by atoms with Crippen molar-refractivity contribution >= 4 is 23.5 Å². The molecule has 0 saturated carbocycles. The highest BCUT2D eigenvalue weighted by Gasteiger charge is 2.09. The lowest BCUT2D eigenvalue weighted by Crippen LogP contribution is -2.17. The first-order chi connectivity index (χ1) is 8.16. The second-order valence-corrected chi connectivity index (χ2v) is 4.44. The van der Waals surface area contributed by atoms with Gasteiger partial charge in [0.25, 0.3) is 5.91 Å². The Morgan fingerprint density at radius 2 is 2.41 bits per heavy atom. The minimum absolute atomic E-state index is 0.225. The molecule has 0 aliphatic rings. The normalized spacial score (nSPS) is 10.9. The number of aryl methyl sites for hydroxylation is 2. The Morgan fingerprint density at radius 3 is 3.00 bits per heavy atom.